The number of carbonyl (C=O) groups is 1. The second-order valence-electron chi connectivity index (χ2n) is 6.38. The molecule has 0 radical (unpaired) electrons. The maximum Gasteiger partial charge on any atom is 0.220 e. The van der Waals surface area contributed by atoms with Crippen LogP contribution in [0.15, 0.2) is 12.4 Å². The highest BCUT2D eigenvalue weighted by Gasteiger charge is 2.24. The second-order valence-corrected chi connectivity index (χ2v) is 6.38. The van der Waals surface area contributed by atoms with Crippen molar-refractivity contribution in [2.24, 2.45) is 0 Å². The predicted molar refractivity (Wildman–Crippen MR) is 83.5 cm³/mol. The summed E-state index contributed by atoms with van der Waals surface area (Å²) in [7, 11) is 0. The Hall–Kier alpha value is -1.40. The van der Waals surface area contributed by atoms with Gasteiger partial charge in [0.05, 0.1) is 12.3 Å². The van der Waals surface area contributed by atoms with Gasteiger partial charge in [0.15, 0.2) is 0 Å². The summed E-state index contributed by atoms with van der Waals surface area (Å²) in [6.45, 7) is 4.11. The van der Waals surface area contributed by atoms with Crippen molar-refractivity contribution in [3.05, 3.63) is 18.0 Å². The zero-order chi connectivity index (χ0) is 15.2. The van der Waals surface area contributed by atoms with Gasteiger partial charge in [0.2, 0.25) is 5.91 Å². The van der Waals surface area contributed by atoms with Gasteiger partial charge in [-0.25, -0.2) is 0 Å². The number of carbonyl (C=O) groups excluding carboxylic acids is 1. The Labute approximate surface area is 131 Å². The summed E-state index contributed by atoms with van der Waals surface area (Å²) in [4.78, 5) is 14.5. The van der Waals surface area contributed by atoms with Crippen molar-refractivity contribution in [3.8, 4) is 0 Å². The lowest BCUT2D eigenvalue weighted by Gasteiger charge is -2.33. The molecule has 3 heterocycles. The molecule has 0 aromatic carbocycles. The Morgan fingerprint density at radius 1 is 1.41 bits per heavy atom. The molecule has 0 bridgehead atoms. The summed E-state index contributed by atoms with van der Waals surface area (Å²) >= 11 is 0. The molecule has 122 valence electrons. The minimum atomic E-state index is 0.152. The summed E-state index contributed by atoms with van der Waals surface area (Å²) in [6.07, 6.45) is 9.83. The van der Waals surface area contributed by atoms with Crippen LogP contribution in [0.4, 0.5) is 0 Å². The zero-order valence-corrected chi connectivity index (χ0v) is 13.1. The van der Waals surface area contributed by atoms with Crippen LogP contribution >= 0.6 is 0 Å². The zero-order valence-electron chi connectivity index (χ0n) is 13.1. The highest BCUT2D eigenvalue weighted by Crippen LogP contribution is 2.17. The van der Waals surface area contributed by atoms with Gasteiger partial charge in [0.25, 0.3) is 0 Å². The van der Waals surface area contributed by atoms with E-state index in [0.717, 1.165) is 51.1 Å². The van der Waals surface area contributed by atoms with Crippen LogP contribution in [0.2, 0.25) is 0 Å². The van der Waals surface area contributed by atoms with Gasteiger partial charge in [-0.15, -0.1) is 0 Å². The van der Waals surface area contributed by atoms with Crippen molar-refractivity contribution in [1.82, 2.24) is 20.4 Å². The van der Waals surface area contributed by atoms with Gasteiger partial charge in [-0.3, -0.25) is 9.89 Å². The molecule has 1 aromatic rings. The predicted octanol–water partition coefficient (Wildman–Crippen LogP) is 1.10. The molecule has 0 saturated carbocycles. The van der Waals surface area contributed by atoms with Gasteiger partial charge in [0.1, 0.15) is 0 Å². The maximum atomic E-state index is 12.0. The lowest BCUT2D eigenvalue weighted by Crippen LogP contribution is -2.46. The van der Waals surface area contributed by atoms with Crippen molar-refractivity contribution in [1.29, 1.82) is 0 Å². The van der Waals surface area contributed by atoms with Crippen molar-refractivity contribution < 1.29 is 9.53 Å². The molecule has 0 spiro atoms. The van der Waals surface area contributed by atoms with E-state index in [1.165, 1.54) is 12.8 Å². The first kappa shape index (κ1) is 15.5. The number of hydrogen-bond acceptors (Lipinski definition) is 4. The van der Waals surface area contributed by atoms with Crippen LogP contribution in [0.5, 0.6) is 0 Å². The molecule has 2 fully saturated rings. The van der Waals surface area contributed by atoms with E-state index in [-0.39, 0.29) is 5.91 Å². The Balaban J connectivity index is 1.32. The van der Waals surface area contributed by atoms with Gasteiger partial charge in [-0.1, -0.05) is 0 Å². The number of ether oxygens (including phenoxy) is 1. The summed E-state index contributed by atoms with van der Waals surface area (Å²) in [6, 6.07) is 0.331. The van der Waals surface area contributed by atoms with Gasteiger partial charge in [-0.05, 0) is 37.7 Å². The van der Waals surface area contributed by atoms with Crippen LogP contribution < -0.4 is 5.32 Å². The number of aryl methyl sites for hydroxylation is 1. The van der Waals surface area contributed by atoms with Crippen LogP contribution in [0.1, 0.15) is 37.7 Å². The van der Waals surface area contributed by atoms with E-state index in [0.29, 0.717) is 18.6 Å². The monoisotopic (exact) mass is 306 g/mol. The molecule has 1 unspecified atom stereocenters. The van der Waals surface area contributed by atoms with Crippen molar-refractivity contribution in [3.63, 3.8) is 0 Å². The average Bonchev–Trinajstić information content (AvgIpc) is 3.20. The SMILES string of the molecule is O=C(CCc1cn[nH]c1)NC1CCN(CC2CCCO2)CC1. The lowest BCUT2D eigenvalue weighted by atomic mass is 10.0. The third-order valence-electron chi connectivity index (χ3n) is 4.63. The number of amides is 1. The molecule has 22 heavy (non-hydrogen) atoms. The Morgan fingerprint density at radius 2 is 2.27 bits per heavy atom. The molecular formula is C16H26N4O2. The number of nitrogens with zero attached hydrogens (tertiary/aromatic N) is 2. The first-order valence-corrected chi connectivity index (χ1v) is 8.40. The van der Waals surface area contributed by atoms with E-state index >= 15 is 0 Å². The number of hydrogen-bond donors (Lipinski definition) is 2. The van der Waals surface area contributed by atoms with E-state index in [2.05, 4.69) is 20.4 Å². The normalized spacial score (nSPS) is 23.7. The number of likely N-dealkylation sites (tertiary alicyclic amines) is 1. The minimum absolute atomic E-state index is 0.152. The van der Waals surface area contributed by atoms with Crippen LogP contribution in [0.25, 0.3) is 0 Å². The number of nitrogens with one attached hydrogen (secondary N) is 2. The summed E-state index contributed by atoms with van der Waals surface area (Å²) < 4.78 is 5.70. The Morgan fingerprint density at radius 3 is 2.95 bits per heavy atom. The fraction of sp³-hybridized carbons (Fsp3) is 0.750. The van der Waals surface area contributed by atoms with E-state index in [1.807, 2.05) is 6.20 Å². The van der Waals surface area contributed by atoms with Gasteiger partial charge < -0.3 is 15.0 Å². The third-order valence-corrected chi connectivity index (χ3v) is 4.63. The summed E-state index contributed by atoms with van der Waals surface area (Å²) in [5.74, 6) is 0.152. The molecule has 6 nitrogen and oxygen atoms in total. The number of aromatic amines is 1. The second kappa shape index (κ2) is 7.74. The molecule has 2 aliphatic heterocycles. The van der Waals surface area contributed by atoms with Crippen molar-refractivity contribution in [2.75, 3.05) is 26.2 Å². The van der Waals surface area contributed by atoms with E-state index in [9.17, 15) is 4.79 Å². The Kier molecular flexibility index (Phi) is 5.45. The lowest BCUT2D eigenvalue weighted by molar-refractivity contribution is -0.122. The average molecular weight is 306 g/mol. The molecule has 1 aromatic heterocycles. The molecular weight excluding hydrogens is 280 g/mol. The van der Waals surface area contributed by atoms with Crippen molar-refractivity contribution in [2.45, 2.75) is 50.7 Å². The molecule has 2 N–H and O–H groups in total. The first-order valence-electron chi connectivity index (χ1n) is 8.40. The number of piperidine rings is 1. The molecule has 2 aliphatic rings. The number of aromatic nitrogens is 2. The molecule has 1 amide bonds. The third kappa shape index (κ3) is 4.55. The molecule has 2 saturated heterocycles. The molecule has 6 heteroatoms. The van der Waals surface area contributed by atoms with Crippen LogP contribution in [0.3, 0.4) is 0 Å². The number of rotatable bonds is 6. The molecule has 3 rings (SSSR count). The molecule has 0 aliphatic carbocycles. The van der Waals surface area contributed by atoms with E-state index in [4.69, 9.17) is 4.74 Å². The summed E-state index contributed by atoms with van der Waals surface area (Å²) in [5, 5.41) is 9.83. The van der Waals surface area contributed by atoms with Crippen molar-refractivity contribution >= 4 is 5.91 Å². The largest absolute Gasteiger partial charge is 0.377 e. The van der Waals surface area contributed by atoms with Gasteiger partial charge in [-0.2, -0.15) is 5.10 Å². The van der Waals surface area contributed by atoms with Crippen LogP contribution in [-0.2, 0) is 16.0 Å². The quantitative estimate of drug-likeness (QED) is 0.826. The highest BCUT2D eigenvalue weighted by atomic mass is 16.5. The maximum absolute atomic E-state index is 12.0. The fourth-order valence-electron chi connectivity index (χ4n) is 3.31. The van der Waals surface area contributed by atoms with Gasteiger partial charge in [0, 0.05) is 44.9 Å². The van der Waals surface area contributed by atoms with E-state index < -0.39 is 0 Å². The highest BCUT2D eigenvalue weighted by molar-refractivity contribution is 5.76. The Bertz CT molecular complexity index is 449. The van der Waals surface area contributed by atoms with Crippen LogP contribution in [0, 0.1) is 0 Å². The topological polar surface area (TPSA) is 70.2 Å². The van der Waals surface area contributed by atoms with E-state index in [1.54, 1.807) is 6.20 Å². The number of H-pyrrole nitrogens is 1. The fourth-order valence-corrected chi connectivity index (χ4v) is 3.31. The minimum Gasteiger partial charge on any atom is -0.377 e. The van der Waals surface area contributed by atoms with Crippen LogP contribution in [-0.4, -0.2) is 59.4 Å². The summed E-state index contributed by atoms with van der Waals surface area (Å²) in [5.41, 5.74) is 1.08. The standard InChI is InChI=1S/C16H26N4O2/c21-16(4-3-13-10-17-18-11-13)19-14-5-7-20(8-6-14)12-15-2-1-9-22-15/h10-11,14-15H,1-9,12H2,(H,17,18)(H,19,21). The smallest absolute Gasteiger partial charge is 0.220 e. The first-order chi connectivity index (χ1) is 10.8. The molecule has 1 atom stereocenters. The van der Waals surface area contributed by atoms with Gasteiger partial charge >= 0.3 is 0 Å².